The summed E-state index contributed by atoms with van der Waals surface area (Å²) in [6.45, 7) is 3.20. The van der Waals surface area contributed by atoms with Gasteiger partial charge in [-0.1, -0.05) is 29.8 Å². The second kappa shape index (κ2) is 7.24. The van der Waals surface area contributed by atoms with E-state index < -0.39 is 24.3 Å². The zero-order chi connectivity index (χ0) is 17.0. The zero-order valence-electron chi connectivity index (χ0n) is 12.7. The van der Waals surface area contributed by atoms with Crippen molar-refractivity contribution >= 4 is 29.2 Å². The fraction of sp³-hybridized carbons (Fsp3) is 0.176. The normalized spacial score (nSPS) is 10.3. The molecule has 2 aromatic rings. The first kappa shape index (κ1) is 17.0. The van der Waals surface area contributed by atoms with Gasteiger partial charge < -0.3 is 10.1 Å². The van der Waals surface area contributed by atoms with Crippen LogP contribution in [-0.2, 0) is 9.53 Å². The second-order valence-corrected chi connectivity index (χ2v) is 5.45. The molecule has 6 heteroatoms. The van der Waals surface area contributed by atoms with Gasteiger partial charge in [-0.3, -0.25) is 4.79 Å². The van der Waals surface area contributed by atoms with Crippen LogP contribution in [0.25, 0.3) is 0 Å². The Balaban J connectivity index is 1.99. The lowest BCUT2D eigenvalue weighted by atomic mass is 10.1. The van der Waals surface area contributed by atoms with E-state index in [9.17, 15) is 14.0 Å². The van der Waals surface area contributed by atoms with E-state index >= 15 is 0 Å². The van der Waals surface area contributed by atoms with Crippen molar-refractivity contribution < 1.29 is 18.7 Å². The lowest BCUT2D eigenvalue weighted by Crippen LogP contribution is -2.22. The molecule has 0 heterocycles. The molecule has 2 aromatic carbocycles. The molecule has 0 atom stereocenters. The number of carbonyl (C=O) groups is 2. The third-order valence-electron chi connectivity index (χ3n) is 3.23. The molecule has 1 amide bonds. The average Bonchev–Trinajstić information content (AvgIpc) is 2.51. The summed E-state index contributed by atoms with van der Waals surface area (Å²) in [5.74, 6) is -2.20. The molecule has 0 fully saturated rings. The van der Waals surface area contributed by atoms with Crippen LogP contribution < -0.4 is 5.32 Å². The summed E-state index contributed by atoms with van der Waals surface area (Å²) in [6, 6.07) is 9.13. The Hall–Kier alpha value is -2.40. The lowest BCUT2D eigenvalue weighted by molar-refractivity contribution is -0.119. The number of ether oxygens (including phenoxy) is 1. The largest absolute Gasteiger partial charge is 0.452 e. The number of para-hydroxylation sites is 1. The predicted molar refractivity (Wildman–Crippen MR) is 86.2 cm³/mol. The molecular formula is C17H15ClFNO3. The molecule has 120 valence electrons. The maximum atomic E-state index is 13.5. The molecule has 1 N–H and O–H groups in total. The van der Waals surface area contributed by atoms with E-state index in [1.54, 1.807) is 0 Å². The van der Waals surface area contributed by atoms with E-state index in [2.05, 4.69) is 5.32 Å². The van der Waals surface area contributed by atoms with Crippen LogP contribution in [-0.4, -0.2) is 18.5 Å². The van der Waals surface area contributed by atoms with Crippen molar-refractivity contribution in [3.63, 3.8) is 0 Å². The first-order valence-electron chi connectivity index (χ1n) is 6.86. The van der Waals surface area contributed by atoms with Gasteiger partial charge in [-0.15, -0.1) is 0 Å². The Bertz CT molecular complexity index is 741. The molecule has 0 radical (unpaired) electrons. The highest BCUT2D eigenvalue weighted by molar-refractivity contribution is 6.30. The number of benzene rings is 2. The van der Waals surface area contributed by atoms with Crippen molar-refractivity contribution in [3.8, 4) is 0 Å². The summed E-state index contributed by atoms with van der Waals surface area (Å²) in [7, 11) is 0. The van der Waals surface area contributed by atoms with Crippen LogP contribution in [0.4, 0.5) is 10.1 Å². The van der Waals surface area contributed by atoms with Crippen LogP contribution in [0.5, 0.6) is 0 Å². The van der Waals surface area contributed by atoms with E-state index in [0.717, 1.165) is 23.3 Å². The Morgan fingerprint density at radius 2 is 1.83 bits per heavy atom. The molecule has 2 rings (SSSR count). The Labute approximate surface area is 138 Å². The quantitative estimate of drug-likeness (QED) is 0.862. The molecule has 0 saturated heterocycles. The van der Waals surface area contributed by atoms with E-state index in [1.807, 2.05) is 32.0 Å². The number of anilines is 1. The van der Waals surface area contributed by atoms with E-state index in [-0.39, 0.29) is 10.6 Å². The molecule has 4 nitrogen and oxygen atoms in total. The summed E-state index contributed by atoms with van der Waals surface area (Å²) in [4.78, 5) is 23.7. The molecule has 0 unspecified atom stereocenters. The van der Waals surface area contributed by atoms with E-state index in [1.165, 1.54) is 6.07 Å². The monoisotopic (exact) mass is 335 g/mol. The summed E-state index contributed by atoms with van der Waals surface area (Å²) in [5, 5.41) is 2.88. The van der Waals surface area contributed by atoms with Crippen LogP contribution in [0.3, 0.4) is 0 Å². The summed E-state index contributed by atoms with van der Waals surface area (Å²) in [6.07, 6.45) is 0. The van der Waals surface area contributed by atoms with Crippen LogP contribution in [0.2, 0.25) is 5.02 Å². The van der Waals surface area contributed by atoms with Gasteiger partial charge in [-0.25, -0.2) is 9.18 Å². The van der Waals surface area contributed by atoms with Gasteiger partial charge in [0.2, 0.25) is 0 Å². The van der Waals surface area contributed by atoms with Gasteiger partial charge in [0.1, 0.15) is 5.82 Å². The highest BCUT2D eigenvalue weighted by atomic mass is 35.5. The number of nitrogens with one attached hydrogen (secondary N) is 1. The maximum absolute atomic E-state index is 13.5. The van der Waals surface area contributed by atoms with Crippen molar-refractivity contribution in [1.29, 1.82) is 0 Å². The van der Waals surface area contributed by atoms with Crippen molar-refractivity contribution in [2.24, 2.45) is 0 Å². The predicted octanol–water partition coefficient (Wildman–Crippen LogP) is 3.89. The van der Waals surface area contributed by atoms with Crippen LogP contribution in [0.1, 0.15) is 21.5 Å². The van der Waals surface area contributed by atoms with Gasteiger partial charge >= 0.3 is 5.97 Å². The van der Waals surface area contributed by atoms with Gasteiger partial charge in [0.15, 0.2) is 6.61 Å². The number of amides is 1. The minimum atomic E-state index is -0.943. The van der Waals surface area contributed by atoms with Crippen LogP contribution in [0.15, 0.2) is 36.4 Å². The van der Waals surface area contributed by atoms with Crippen molar-refractivity contribution in [2.75, 3.05) is 11.9 Å². The minimum absolute atomic E-state index is 0.207. The standard InChI is InChI=1S/C17H15ClFNO3/c1-10-4-3-5-11(2)16(10)20-15(21)9-23-17(22)13-8-12(18)6-7-14(13)19/h3-8H,9H2,1-2H3,(H,20,21). The first-order chi connectivity index (χ1) is 10.9. The van der Waals surface area contributed by atoms with Gasteiger partial charge in [0.05, 0.1) is 5.56 Å². The van der Waals surface area contributed by atoms with Crippen molar-refractivity contribution in [3.05, 3.63) is 63.9 Å². The molecule has 0 aliphatic heterocycles. The molecule has 23 heavy (non-hydrogen) atoms. The average molecular weight is 336 g/mol. The zero-order valence-corrected chi connectivity index (χ0v) is 13.4. The van der Waals surface area contributed by atoms with Gasteiger partial charge in [-0.05, 0) is 43.2 Å². The smallest absolute Gasteiger partial charge is 0.341 e. The highest BCUT2D eigenvalue weighted by Gasteiger charge is 2.16. The summed E-state index contributed by atoms with van der Waals surface area (Å²) >= 11 is 5.71. The van der Waals surface area contributed by atoms with Gasteiger partial charge in [0, 0.05) is 10.7 Å². The fourth-order valence-electron chi connectivity index (χ4n) is 2.05. The number of aryl methyl sites for hydroxylation is 2. The number of rotatable bonds is 4. The van der Waals surface area contributed by atoms with Crippen LogP contribution >= 0.6 is 11.6 Å². The van der Waals surface area contributed by atoms with Crippen molar-refractivity contribution in [1.82, 2.24) is 0 Å². The van der Waals surface area contributed by atoms with Gasteiger partial charge in [0.25, 0.3) is 5.91 Å². The van der Waals surface area contributed by atoms with E-state index in [0.29, 0.717) is 5.69 Å². The molecule has 0 aromatic heterocycles. The number of hydrogen-bond donors (Lipinski definition) is 1. The Morgan fingerprint density at radius 1 is 1.17 bits per heavy atom. The van der Waals surface area contributed by atoms with Crippen LogP contribution in [0, 0.1) is 19.7 Å². The SMILES string of the molecule is Cc1cccc(C)c1NC(=O)COC(=O)c1cc(Cl)ccc1F. The fourth-order valence-corrected chi connectivity index (χ4v) is 2.22. The first-order valence-corrected chi connectivity index (χ1v) is 7.24. The third kappa shape index (κ3) is 4.29. The molecule has 0 aliphatic carbocycles. The lowest BCUT2D eigenvalue weighted by Gasteiger charge is -2.11. The Morgan fingerprint density at radius 3 is 2.48 bits per heavy atom. The number of hydrogen-bond acceptors (Lipinski definition) is 3. The molecule has 0 saturated carbocycles. The van der Waals surface area contributed by atoms with Crippen molar-refractivity contribution in [2.45, 2.75) is 13.8 Å². The molecule has 0 spiro atoms. The number of halogens is 2. The second-order valence-electron chi connectivity index (χ2n) is 5.02. The highest BCUT2D eigenvalue weighted by Crippen LogP contribution is 2.19. The molecular weight excluding hydrogens is 321 g/mol. The minimum Gasteiger partial charge on any atom is -0.452 e. The summed E-state index contributed by atoms with van der Waals surface area (Å²) < 4.78 is 18.4. The maximum Gasteiger partial charge on any atom is 0.341 e. The summed E-state index contributed by atoms with van der Waals surface area (Å²) in [5.41, 5.74) is 2.15. The number of esters is 1. The number of carbonyl (C=O) groups excluding carboxylic acids is 2. The third-order valence-corrected chi connectivity index (χ3v) is 3.46. The topological polar surface area (TPSA) is 55.4 Å². The molecule has 0 aliphatic rings. The molecule has 0 bridgehead atoms. The van der Waals surface area contributed by atoms with E-state index in [4.69, 9.17) is 16.3 Å². The van der Waals surface area contributed by atoms with Gasteiger partial charge in [-0.2, -0.15) is 0 Å². The Kier molecular flexibility index (Phi) is 5.34.